The van der Waals surface area contributed by atoms with Crippen molar-refractivity contribution in [3.05, 3.63) is 0 Å². The number of hydrogen-bond acceptors (Lipinski definition) is 4. The molecule has 1 saturated carbocycles. The topological polar surface area (TPSA) is 96.9 Å². The number of hydrogen-bond donors (Lipinski definition) is 2. The van der Waals surface area contributed by atoms with E-state index in [1.807, 2.05) is 0 Å². The molecular weight excluding hydrogens is 256 g/mol. The van der Waals surface area contributed by atoms with Gasteiger partial charge in [-0.3, -0.25) is 9.59 Å². The van der Waals surface area contributed by atoms with E-state index in [4.69, 9.17) is 12.2 Å². The Hall–Kier alpha value is -1.90. The lowest BCUT2D eigenvalue weighted by Crippen LogP contribution is -2.34. The van der Waals surface area contributed by atoms with Crippen LogP contribution in [0.4, 0.5) is 0 Å². The molecule has 0 radical (unpaired) electrons. The van der Waals surface area contributed by atoms with E-state index in [9.17, 15) is 9.59 Å². The summed E-state index contributed by atoms with van der Waals surface area (Å²) < 4.78 is 0. The van der Waals surface area contributed by atoms with Crippen molar-refractivity contribution < 1.29 is 9.59 Å². The predicted octanol–water partition coefficient (Wildman–Crippen LogP) is 1.11. The number of nitrogens with one attached hydrogen (secondary N) is 1. The van der Waals surface area contributed by atoms with E-state index in [1.54, 1.807) is 0 Å². The Kier molecular flexibility index (Phi) is 4.38. The zero-order chi connectivity index (χ0) is 14.6. The lowest BCUT2D eigenvalue weighted by Gasteiger charge is -2.14. The van der Waals surface area contributed by atoms with E-state index < -0.39 is 5.66 Å². The summed E-state index contributed by atoms with van der Waals surface area (Å²) in [4.78, 5) is 22.9. The third-order valence-corrected chi connectivity index (χ3v) is 4.01. The van der Waals surface area contributed by atoms with E-state index in [2.05, 4.69) is 21.5 Å². The molecule has 0 aromatic heterocycles. The van der Waals surface area contributed by atoms with Gasteiger partial charge in [-0.25, -0.2) is 0 Å². The molecule has 2 aliphatic rings. The summed E-state index contributed by atoms with van der Waals surface area (Å²) >= 11 is 0. The van der Waals surface area contributed by atoms with E-state index >= 15 is 0 Å². The number of nitrogens with zero attached hydrogens (tertiary/aromatic N) is 2. The summed E-state index contributed by atoms with van der Waals surface area (Å²) in [5.74, 6) is 2.17. The minimum atomic E-state index is -0.408. The number of carbonyl (C=O) groups excluding carboxylic acids is 2. The molecule has 1 fully saturated rings. The third kappa shape index (κ3) is 3.80. The average Bonchev–Trinajstić information content (AvgIpc) is 3.04. The van der Waals surface area contributed by atoms with Gasteiger partial charge in [0.1, 0.15) is 0 Å². The van der Waals surface area contributed by atoms with Crippen LogP contribution in [0.15, 0.2) is 10.2 Å². The molecule has 6 nitrogen and oxygen atoms in total. The van der Waals surface area contributed by atoms with Crippen molar-refractivity contribution in [1.29, 1.82) is 0 Å². The molecule has 1 aliphatic carbocycles. The van der Waals surface area contributed by atoms with Gasteiger partial charge in [-0.15, -0.1) is 12.3 Å². The molecule has 2 amide bonds. The highest BCUT2D eigenvalue weighted by Crippen LogP contribution is 2.37. The van der Waals surface area contributed by atoms with Crippen LogP contribution in [0.5, 0.6) is 0 Å². The number of nitrogens with two attached hydrogens (primary N) is 1. The van der Waals surface area contributed by atoms with Gasteiger partial charge in [0.15, 0.2) is 5.66 Å². The van der Waals surface area contributed by atoms with Crippen LogP contribution in [-0.2, 0) is 9.59 Å². The van der Waals surface area contributed by atoms with Gasteiger partial charge in [-0.2, -0.15) is 10.2 Å². The normalized spacial score (nSPS) is 25.9. The fourth-order valence-corrected chi connectivity index (χ4v) is 2.65. The predicted molar refractivity (Wildman–Crippen MR) is 73.4 cm³/mol. The highest BCUT2D eigenvalue weighted by Gasteiger charge is 2.39. The van der Waals surface area contributed by atoms with Gasteiger partial charge in [-0.05, 0) is 19.3 Å². The van der Waals surface area contributed by atoms with Crippen molar-refractivity contribution >= 4 is 11.8 Å². The van der Waals surface area contributed by atoms with Crippen LogP contribution in [0.1, 0.15) is 44.9 Å². The van der Waals surface area contributed by atoms with Gasteiger partial charge < -0.3 is 11.1 Å². The maximum absolute atomic E-state index is 11.9. The molecule has 1 heterocycles. The first kappa shape index (κ1) is 14.5. The Labute approximate surface area is 118 Å². The second-order valence-corrected chi connectivity index (χ2v) is 5.56. The Morgan fingerprint density at radius 1 is 1.35 bits per heavy atom. The molecule has 0 unspecified atom stereocenters. The Balaban J connectivity index is 1.67. The van der Waals surface area contributed by atoms with Crippen LogP contribution in [0.3, 0.4) is 0 Å². The van der Waals surface area contributed by atoms with Crippen LogP contribution in [-0.4, -0.2) is 23.5 Å². The number of carbonyl (C=O) groups is 2. The summed E-state index contributed by atoms with van der Waals surface area (Å²) in [6, 6.07) is 0.0646. The molecule has 2 rings (SSSR count). The quantitative estimate of drug-likeness (QED) is 0.681. The Bertz CT molecular complexity index is 460. The molecule has 6 heteroatoms. The van der Waals surface area contributed by atoms with Crippen LogP contribution in [0, 0.1) is 18.3 Å². The SMILES string of the molecule is C#CCCC1(CCC(=O)N[C@@H]2CC[C@H](C(N)=O)C2)N=N1. The average molecular weight is 276 g/mol. The largest absolute Gasteiger partial charge is 0.369 e. The van der Waals surface area contributed by atoms with E-state index in [-0.39, 0.29) is 23.8 Å². The summed E-state index contributed by atoms with van der Waals surface area (Å²) in [5, 5.41) is 10.9. The number of primary amides is 1. The summed E-state index contributed by atoms with van der Waals surface area (Å²) in [6.07, 6.45) is 9.77. The first-order valence-electron chi connectivity index (χ1n) is 7.01. The zero-order valence-corrected chi connectivity index (χ0v) is 11.5. The molecule has 2 atom stereocenters. The summed E-state index contributed by atoms with van der Waals surface area (Å²) in [6.45, 7) is 0. The maximum Gasteiger partial charge on any atom is 0.220 e. The Morgan fingerprint density at radius 2 is 2.10 bits per heavy atom. The molecule has 0 saturated heterocycles. The number of rotatable bonds is 7. The second-order valence-electron chi connectivity index (χ2n) is 5.56. The van der Waals surface area contributed by atoms with Crippen molar-refractivity contribution in [2.75, 3.05) is 0 Å². The van der Waals surface area contributed by atoms with Gasteiger partial charge in [0.25, 0.3) is 0 Å². The monoisotopic (exact) mass is 276 g/mol. The molecular formula is C14H20N4O2. The minimum Gasteiger partial charge on any atom is -0.369 e. The number of terminal acetylenes is 1. The second kappa shape index (κ2) is 6.04. The van der Waals surface area contributed by atoms with Crippen molar-refractivity contribution in [3.63, 3.8) is 0 Å². The van der Waals surface area contributed by atoms with Gasteiger partial charge >= 0.3 is 0 Å². The smallest absolute Gasteiger partial charge is 0.220 e. The zero-order valence-electron chi connectivity index (χ0n) is 11.5. The third-order valence-electron chi connectivity index (χ3n) is 4.01. The van der Waals surface area contributed by atoms with Crippen molar-refractivity contribution in [2.45, 2.75) is 56.7 Å². The fourth-order valence-electron chi connectivity index (χ4n) is 2.65. The van der Waals surface area contributed by atoms with Crippen molar-refractivity contribution in [1.82, 2.24) is 5.32 Å². The van der Waals surface area contributed by atoms with Crippen molar-refractivity contribution in [3.8, 4) is 12.3 Å². The first-order valence-corrected chi connectivity index (χ1v) is 7.01. The maximum atomic E-state index is 11.9. The fraction of sp³-hybridized carbons (Fsp3) is 0.714. The van der Waals surface area contributed by atoms with Gasteiger partial charge in [0.2, 0.25) is 11.8 Å². The van der Waals surface area contributed by atoms with E-state index in [0.29, 0.717) is 32.1 Å². The summed E-state index contributed by atoms with van der Waals surface area (Å²) in [5.41, 5.74) is 4.86. The summed E-state index contributed by atoms with van der Waals surface area (Å²) in [7, 11) is 0. The highest BCUT2D eigenvalue weighted by molar-refractivity contribution is 5.78. The van der Waals surface area contributed by atoms with Crippen LogP contribution in [0.2, 0.25) is 0 Å². The first-order chi connectivity index (χ1) is 9.54. The Morgan fingerprint density at radius 3 is 2.65 bits per heavy atom. The van der Waals surface area contributed by atoms with Crippen LogP contribution in [0.25, 0.3) is 0 Å². The van der Waals surface area contributed by atoms with Gasteiger partial charge in [0, 0.05) is 37.6 Å². The lowest BCUT2D eigenvalue weighted by atomic mass is 10.0. The molecule has 0 aromatic carbocycles. The molecule has 0 aromatic rings. The minimum absolute atomic E-state index is 0.0162. The molecule has 0 bridgehead atoms. The molecule has 0 spiro atoms. The van der Waals surface area contributed by atoms with Gasteiger partial charge in [0.05, 0.1) is 0 Å². The van der Waals surface area contributed by atoms with Crippen LogP contribution >= 0.6 is 0 Å². The van der Waals surface area contributed by atoms with E-state index in [0.717, 1.165) is 12.8 Å². The van der Waals surface area contributed by atoms with Gasteiger partial charge in [-0.1, -0.05) is 0 Å². The lowest BCUT2D eigenvalue weighted by molar-refractivity contribution is -0.123. The standard InChI is InChI=1S/C14H20N4O2/c1-2-3-7-14(17-18-14)8-6-12(19)16-11-5-4-10(9-11)13(15)20/h1,10-11H,3-9H2,(H2,15,20)(H,16,19)/t10-,11+/m0/s1. The molecule has 3 N–H and O–H groups in total. The number of amides is 2. The highest BCUT2D eigenvalue weighted by atomic mass is 16.2. The van der Waals surface area contributed by atoms with Crippen molar-refractivity contribution in [2.24, 2.45) is 21.9 Å². The molecule has 108 valence electrons. The molecule has 1 aliphatic heterocycles. The molecule has 20 heavy (non-hydrogen) atoms. The van der Waals surface area contributed by atoms with E-state index in [1.165, 1.54) is 0 Å². The van der Waals surface area contributed by atoms with Crippen LogP contribution < -0.4 is 11.1 Å².